The van der Waals surface area contributed by atoms with E-state index in [4.69, 9.17) is 18.9 Å². The van der Waals surface area contributed by atoms with Gasteiger partial charge in [0.15, 0.2) is 11.6 Å². The average molecular weight is 496 g/mol. The first kappa shape index (κ1) is 30.2. The van der Waals surface area contributed by atoms with Crippen LogP contribution in [0.25, 0.3) is 0 Å². The van der Waals surface area contributed by atoms with Crippen LogP contribution in [-0.2, 0) is 9.53 Å². The lowest BCUT2D eigenvalue weighted by Crippen LogP contribution is -2.39. The molecule has 0 bridgehead atoms. The van der Waals surface area contributed by atoms with Crippen LogP contribution in [0.1, 0.15) is 45.2 Å². The number of fused-ring (bicyclic) bond motifs is 1. The van der Waals surface area contributed by atoms with Gasteiger partial charge in [0.1, 0.15) is 23.5 Å². The second-order valence-corrected chi connectivity index (χ2v) is 7.29. The molecule has 7 heteroatoms. The van der Waals surface area contributed by atoms with E-state index < -0.39 is 11.6 Å². The first-order valence-corrected chi connectivity index (χ1v) is 11.9. The highest BCUT2D eigenvalue weighted by Crippen LogP contribution is 2.55. The summed E-state index contributed by atoms with van der Waals surface area (Å²) in [4.78, 5) is 23.2. The maximum Gasteiger partial charge on any atom is 0.168 e. The number of aldehydes is 1. The second kappa shape index (κ2) is 16.7. The normalized spacial score (nSPS) is 18.2. The number of methoxy groups -OCH3 is 3. The summed E-state index contributed by atoms with van der Waals surface area (Å²) in [5.41, 5.74) is 0.0668. The van der Waals surface area contributed by atoms with Crippen molar-refractivity contribution in [3.8, 4) is 17.2 Å². The van der Waals surface area contributed by atoms with Gasteiger partial charge < -0.3 is 23.7 Å². The van der Waals surface area contributed by atoms with Crippen molar-refractivity contribution < 1.29 is 23.7 Å². The van der Waals surface area contributed by atoms with Crippen molar-refractivity contribution in [3.05, 3.63) is 95.1 Å². The maximum atomic E-state index is 12.0. The predicted octanol–water partition coefficient (Wildman–Crippen LogP) is 7.00. The molecule has 2 aromatic carbocycles. The molecule has 0 saturated heterocycles. The zero-order chi connectivity index (χ0) is 26.8. The van der Waals surface area contributed by atoms with Gasteiger partial charge in [-0.1, -0.05) is 73.7 Å². The highest BCUT2D eigenvalue weighted by Gasteiger charge is 2.53. The summed E-state index contributed by atoms with van der Waals surface area (Å²) in [5.74, 6) is 1.42. The van der Waals surface area contributed by atoms with Gasteiger partial charge in [-0.3, -0.25) is 0 Å². The summed E-state index contributed by atoms with van der Waals surface area (Å²) in [6, 6.07) is 14.5. The van der Waals surface area contributed by atoms with Crippen LogP contribution in [0.15, 0.2) is 89.8 Å². The van der Waals surface area contributed by atoms with Crippen LogP contribution in [0.5, 0.6) is 17.2 Å². The number of rotatable bonds is 10. The Morgan fingerprint density at radius 3 is 2.17 bits per heavy atom. The van der Waals surface area contributed by atoms with Crippen molar-refractivity contribution in [2.75, 3.05) is 21.3 Å². The molecule has 1 heterocycles. The monoisotopic (exact) mass is 495 g/mol. The number of ether oxygens (including phenoxy) is 4. The lowest BCUT2D eigenvalue weighted by molar-refractivity contribution is -0.108. The van der Waals surface area contributed by atoms with E-state index in [1.165, 1.54) is 27.6 Å². The largest absolute Gasteiger partial charge is 0.504 e. The Morgan fingerprint density at radius 1 is 1.06 bits per heavy atom. The number of allylic oxidation sites excluding steroid dienone is 3. The zero-order valence-electron chi connectivity index (χ0n) is 22.0. The van der Waals surface area contributed by atoms with Crippen LogP contribution in [-0.4, -0.2) is 33.2 Å². The maximum absolute atomic E-state index is 12.0. The molecule has 0 aromatic heterocycles. The van der Waals surface area contributed by atoms with Crippen LogP contribution in [0.2, 0.25) is 0 Å². The molecule has 0 fully saturated rings. The second-order valence-electron chi connectivity index (χ2n) is 7.29. The molecule has 36 heavy (non-hydrogen) atoms. The molecule has 1 aliphatic rings. The molecular weight excluding hydrogens is 458 g/mol. The third-order valence-electron chi connectivity index (χ3n) is 5.27. The van der Waals surface area contributed by atoms with Crippen molar-refractivity contribution >= 4 is 6.29 Å². The topological polar surface area (TPSA) is 83.4 Å². The first-order valence-electron chi connectivity index (χ1n) is 11.9. The number of carbonyl (C=O) groups is 1. The number of carbonyl (C=O) groups excluding carboxylic acids is 1. The van der Waals surface area contributed by atoms with Crippen LogP contribution < -0.4 is 14.2 Å². The lowest BCUT2D eigenvalue weighted by atomic mass is 9.80. The number of nitroso groups, excluding NO2 is 1. The first-order chi connectivity index (χ1) is 17.6. The molecule has 7 nitrogen and oxygen atoms in total. The summed E-state index contributed by atoms with van der Waals surface area (Å²) in [7, 11) is 4.58. The summed E-state index contributed by atoms with van der Waals surface area (Å²) in [6.45, 7) is 5.86. The minimum Gasteiger partial charge on any atom is -0.504 e. The Hall–Kier alpha value is -3.87. The fourth-order valence-corrected chi connectivity index (χ4v) is 3.79. The minimum absolute atomic E-state index is 0.197. The van der Waals surface area contributed by atoms with Crippen molar-refractivity contribution in [2.45, 2.75) is 45.3 Å². The third kappa shape index (κ3) is 7.57. The summed E-state index contributed by atoms with van der Waals surface area (Å²) >= 11 is 0. The van der Waals surface area contributed by atoms with Gasteiger partial charge in [0, 0.05) is 25.0 Å². The molecule has 1 aliphatic heterocycles. The molecule has 0 spiro atoms. The molecule has 194 valence electrons. The fourth-order valence-electron chi connectivity index (χ4n) is 3.79. The number of hydrogen-bond donors (Lipinski definition) is 0. The van der Waals surface area contributed by atoms with E-state index in [2.05, 4.69) is 5.18 Å². The van der Waals surface area contributed by atoms with Crippen LogP contribution in [0.4, 0.5) is 0 Å². The number of nitrogens with zero attached hydrogens (tertiary/aromatic N) is 1. The van der Waals surface area contributed by atoms with Crippen molar-refractivity contribution in [2.24, 2.45) is 5.18 Å². The van der Waals surface area contributed by atoms with Gasteiger partial charge in [0.25, 0.3) is 0 Å². The van der Waals surface area contributed by atoms with E-state index in [-0.39, 0.29) is 12.8 Å². The SMILES string of the molecule is CC.C\C=C/C(=C\C=C\OC)C1(CCC=O)Oc2cc(OC)cc(OC)c2C1N=O.c1ccccc1. The molecule has 0 radical (unpaired) electrons. The Bertz CT molecular complexity index is 989. The third-order valence-corrected chi connectivity index (χ3v) is 5.27. The van der Waals surface area contributed by atoms with Crippen molar-refractivity contribution in [1.29, 1.82) is 0 Å². The van der Waals surface area contributed by atoms with Gasteiger partial charge in [-0.25, -0.2) is 0 Å². The van der Waals surface area contributed by atoms with E-state index in [9.17, 15) is 9.70 Å². The molecule has 0 amide bonds. The molecular formula is C29H37NO6. The van der Waals surface area contributed by atoms with E-state index in [0.717, 1.165) is 6.29 Å². The predicted molar refractivity (Wildman–Crippen MR) is 144 cm³/mol. The van der Waals surface area contributed by atoms with Gasteiger partial charge in [0.05, 0.1) is 33.2 Å². The number of hydrogen-bond acceptors (Lipinski definition) is 7. The van der Waals surface area contributed by atoms with Gasteiger partial charge >= 0.3 is 0 Å². The Morgan fingerprint density at radius 2 is 1.69 bits per heavy atom. The molecule has 0 N–H and O–H groups in total. The van der Waals surface area contributed by atoms with Gasteiger partial charge in [-0.2, -0.15) is 0 Å². The van der Waals surface area contributed by atoms with Crippen molar-refractivity contribution in [1.82, 2.24) is 0 Å². The molecule has 3 rings (SSSR count). The average Bonchev–Trinajstić information content (AvgIpc) is 3.27. The van der Waals surface area contributed by atoms with E-state index in [0.29, 0.717) is 28.4 Å². The highest BCUT2D eigenvalue weighted by atomic mass is 16.5. The van der Waals surface area contributed by atoms with Crippen LogP contribution in [0.3, 0.4) is 0 Å². The smallest absolute Gasteiger partial charge is 0.168 e. The van der Waals surface area contributed by atoms with E-state index in [1.807, 2.05) is 69.3 Å². The molecule has 2 aromatic rings. The molecule has 2 atom stereocenters. The summed E-state index contributed by atoms with van der Waals surface area (Å²) in [6.07, 6.45) is 9.91. The van der Waals surface area contributed by atoms with Crippen molar-refractivity contribution in [3.63, 3.8) is 0 Å². The molecule has 2 unspecified atom stereocenters. The Balaban J connectivity index is 0.000000694. The summed E-state index contributed by atoms with van der Waals surface area (Å²) < 4.78 is 22.1. The van der Waals surface area contributed by atoms with Crippen LogP contribution >= 0.6 is 0 Å². The Labute approximate surface area is 214 Å². The highest BCUT2D eigenvalue weighted by molar-refractivity contribution is 5.60. The van der Waals surface area contributed by atoms with E-state index in [1.54, 1.807) is 24.3 Å². The minimum atomic E-state index is -1.16. The zero-order valence-corrected chi connectivity index (χ0v) is 22.0. The summed E-state index contributed by atoms with van der Waals surface area (Å²) in [5, 5.41) is 3.39. The quantitative estimate of drug-likeness (QED) is 0.153. The molecule has 0 saturated carbocycles. The van der Waals surface area contributed by atoms with Gasteiger partial charge in [-0.15, -0.1) is 4.91 Å². The standard InChI is InChI=1S/C21H25NO6.C6H6.C2H6/c1-5-8-15(9-6-12-25-2)21(10-7-11-23)20(22-24)19-17(27-4)13-16(26-3)14-18(19)28-21;1-2-4-6-5-3-1;1-2/h5-6,8-9,11-14,20H,7,10H2,1-4H3;1-6H;1-2H3/b8-5-,12-6+,15-9+;;. The fraction of sp³-hybridized carbons (Fsp3) is 0.345. The van der Waals surface area contributed by atoms with E-state index >= 15 is 0 Å². The number of benzene rings is 2. The molecule has 0 aliphatic carbocycles. The Kier molecular flexibility index (Phi) is 14.0. The van der Waals surface area contributed by atoms with Crippen LogP contribution in [0, 0.1) is 4.91 Å². The van der Waals surface area contributed by atoms with Gasteiger partial charge in [0.2, 0.25) is 0 Å². The van der Waals surface area contributed by atoms with Gasteiger partial charge in [-0.05, 0) is 18.6 Å². The lowest BCUT2D eigenvalue weighted by Gasteiger charge is -2.32.